The van der Waals surface area contributed by atoms with Crippen LogP contribution in [0.4, 0.5) is 5.69 Å². The van der Waals surface area contributed by atoms with E-state index in [1.807, 2.05) is 6.07 Å². The fourth-order valence-electron chi connectivity index (χ4n) is 2.89. The summed E-state index contributed by atoms with van der Waals surface area (Å²) in [4.78, 5) is 0. The molecule has 100 valence electrons. The van der Waals surface area contributed by atoms with Crippen LogP contribution in [0, 0.1) is 17.2 Å². The average Bonchev–Trinajstić information content (AvgIpc) is 2.96. The Morgan fingerprint density at radius 3 is 2.30 bits per heavy atom. The molecule has 2 aromatic rings. The third kappa shape index (κ3) is 2.67. The van der Waals surface area contributed by atoms with E-state index in [9.17, 15) is 0 Å². The van der Waals surface area contributed by atoms with Crippen molar-refractivity contribution in [1.82, 2.24) is 0 Å². The van der Waals surface area contributed by atoms with Gasteiger partial charge in [0.1, 0.15) is 0 Å². The lowest BCUT2D eigenvalue weighted by molar-refractivity contribution is 0.630. The summed E-state index contributed by atoms with van der Waals surface area (Å²) in [5, 5.41) is 12.6. The molecule has 0 aromatic heterocycles. The monoisotopic (exact) mass is 262 g/mol. The molecule has 0 bridgehead atoms. The first-order valence-corrected chi connectivity index (χ1v) is 7.18. The molecule has 0 spiro atoms. The van der Waals surface area contributed by atoms with Gasteiger partial charge in [0, 0.05) is 11.7 Å². The second-order valence-corrected chi connectivity index (χ2v) is 5.36. The van der Waals surface area contributed by atoms with Crippen LogP contribution in [0.3, 0.4) is 0 Å². The van der Waals surface area contributed by atoms with Crippen LogP contribution in [0.25, 0.3) is 11.1 Å². The highest BCUT2D eigenvalue weighted by molar-refractivity contribution is 5.66. The Kier molecular flexibility index (Phi) is 3.69. The Morgan fingerprint density at radius 2 is 1.60 bits per heavy atom. The number of hydrogen-bond acceptors (Lipinski definition) is 2. The van der Waals surface area contributed by atoms with E-state index in [1.165, 1.54) is 11.1 Å². The van der Waals surface area contributed by atoms with Crippen LogP contribution in [0.5, 0.6) is 0 Å². The summed E-state index contributed by atoms with van der Waals surface area (Å²) in [5.41, 5.74) is 3.56. The Hall–Kier alpha value is -2.27. The molecule has 1 saturated carbocycles. The van der Waals surface area contributed by atoms with Crippen molar-refractivity contribution < 1.29 is 0 Å². The maximum Gasteiger partial charge on any atom is 0.0677 e. The van der Waals surface area contributed by atoms with E-state index in [0.29, 0.717) is 6.04 Å². The van der Waals surface area contributed by atoms with E-state index in [-0.39, 0.29) is 5.92 Å². The highest BCUT2D eigenvalue weighted by Gasteiger charge is 2.26. The number of benzene rings is 2. The van der Waals surface area contributed by atoms with Crippen molar-refractivity contribution in [2.75, 3.05) is 5.32 Å². The summed E-state index contributed by atoms with van der Waals surface area (Å²) in [7, 11) is 0. The minimum Gasteiger partial charge on any atom is -0.381 e. The first-order chi connectivity index (χ1) is 9.86. The van der Waals surface area contributed by atoms with E-state index in [0.717, 1.165) is 24.9 Å². The lowest BCUT2D eigenvalue weighted by Gasteiger charge is -2.17. The zero-order valence-corrected chi connectivity index (χ0v) is 11.4. The van der Waals surface area contributed by atoms with E-state index in [4.69, 9.17) is 5.26 Å². The van der Waals surface area contributed by atoms with Crippen molar-refractivity contribution >= 4 is 5.69 Å². The molecule has 2 unspecified atom stereocenters. The maximum atomic E-state index is 9.12. The number of rotatable bonds is 3. The third-order valence-electron chi connectivity index (χ3n) is 4.03. The summed E-state index contributed by atoms with van der Waals surface area (Å²) in [6.45, 7) is 0. The summed E-state index contributed by atoms with van der Waals surface area (Å²) in [6.07, 6.45) is 3.27. The predicted octanol–water partition coefficient (Wildman–Crippen LogP) is 4.46. The second kappa shape index (κ2) is 5.79. The molecule has 0 radical (unpaired) electrons. The summed E-state index contributed by atoms with van der Waals surface area (Å²) < 4.78 is 0. The van der Waals surface area contributed by atoms with Crippen molar-refractivity contribution in [1.29, 1.82) is 5.26 Å². The van der Waals surface area contributed by atoms with Crippen LogP contribution in [-0.4, -0.2) is 6.04 Å². The molecular weight excluding hydrogens is 244 g/mol. The largest absolute Gasteiger partial charge is 0.381 e. The van der Waals surface area contributed by atoms with Gasteiger partial charge in [0.25, 0.3) is 0 Å². The fourth-order valence-corrected chi connectivity index (χ4v) is 2.89. The molecule has 20 heavy (non-hydrogen) atoms. The van der Waals surface area contributed by atoms with Crippen LogP contribution >= 0.6 is 0 Å². The molecule has 2 atom stereocenters. The third-order valence-corrected chi connectivity index (χ3v) is 4.03. The fraction of sp³-hybridized carbons (Fsp3) is 0.278. The molecule has 1 N–H and O–H groups in total. The Balaban J connectivity index is 1.72. The molecule has 0 aliphatic heterocycles. The first-order valence-electron chi connectivity index (χ1n) is 7.18. The molecule has 0 saturated heterocycles. The van der Waals surface area contributed by atoms with Crippen LogP contribution in [0.2, 0.25) is 0 Å². The lowest BCUT2D eigenvalue weighted by atomic mass is 10.0. The number of hydrogen-bond donors (Lipinski definition) is 1. The van der Waals surface area contributed by atoms with Gasteiger partial charge >= 0.3 is 0 Å². The number of nitrogens with zero attached hydrogens (tertiary/aromatic N) is 1. The Labute approximate surface area is 120 Å². The van der Waals surface area contributed by atoms with Crippen LogP contribution in [0.15, 0.2) is 54.6 Å². The molecule has 0 heterocycles. The normalized spacial score (nSPS) is 21.4. The van der Waals surface area contributed by atoms with E-state index >= 15 is 0 Å². The smallest absolute Gasteiger partial charge is 0.0677 e. The minimum absolute atomic E-state index is 0.156. The molecule has 0 amide bonds. The summed E-state index contributed by atoms with van der Waals surface area (Å²) >= 11 is 0. The zero-order valence-electron chi connectivity index (χ0n) is 11.4. The van der Waals surface area contributed by atoms with Crippen LogP contribution < -0.4 is 5.32 Å². The molecule has 1 aliphatic rings. The van der Waals surface area contributed by atoms with Crippen molar-refractivity contribution in [2.45, 2.75) is 25.3 Å². The second-order valence-electron chi connectivity index (χ2n) is 5.36. The van der Waals surface area contributed by atoms with Gasteiger partial charge in [-0.1, -0.05) is 42.5 Å². The summed E-state index contributed by atoms with van der Waals surface area (Å²) in [5.74, 6) is 0.156. The van der Waals surface area contributed by atoms with Crippen molar-refractivity contribution in [3.05, 3.63) is 54.6 Å². The van der Waals surface area contributed by atoms with Gasteiger partial charge in [-0.15, -0.1) is 0 Å². The highest BCUT2D eigenvalue weighted by Crippen LogP contribution is 2.29. The van der Waals surface area contributed by atoms with Gasteiger partial charge in [-0.25, -0.2) is 0 Å². The molecule has 3 rings (SSSR count). The lowest BCUT2D eigenvalue weighted by Crippen LogP contribution is -2.22. The van der Waals surface area contributed by atoms with Crippen molar-refractivity contribution in [3.63, 3.8) is 0 Å². The Bertz CT molecular complexity index is 596. The van der Waals surface area contributed by atoms with Gasteiger partial charge in [-0.2, -0.15) is 5.26 Å². The number of nitrogens with one attached hydrogen (secondary N) is 1. The zero-order chi connectivity index (χ0) is 13.8. The first kappa shape index (κ1) is 12.7. The van der Waals surface area contributed by atoms with Gasteiger partial charge in [0.2, 0.25) is 0 Å². The quantitative estimate of drug-likeness (QED) is 0.886. The molecule has 2 heteroatoms. The molecule has 2 aromatic carbocycles. The number of nitriles is 1. The van der Waals surface area contributed by atoms with Gasteiger partial charge in [-0.05, 0) is 42.5 Å². The molecule has 2 nitrogen and oxygen atoms in total. The average molecular weight is 262 g/mol. The van der Waals surface area contributed by atoms with Crippen LogP contribution in [-0.2, 0) is 0 Å². The molecule has 1 aliphatic carbocycles. The molecule has 1 fully saturated rings. The topological polar surface area (TPSA) is 35.8 Å². The highest BCUT2D eigenvalue weighted by atomic mass is 14.9. The van der Waals surface area contributed by atoms with Gasteiger partial charge in [0.05, 0.1) is 12.0 Å². The van der Waals surface area contributed by atoms with Crippen LogP contribution in [0.1, 0.15) is 19.3 Å². The minimum atomic E-state index is 0.156. The van der Waals surface area contributed by atoms with Crippen molar-refractivity contribution in [3.8, 4) is 17.2 Å². The van der Waals surface area contributed by atoms with E-state index < -0.39 is 0 Å². The van der Waals surface area contributed by atoms with Crippen molar-refractivity contribution in [2.24, 2.45) is 5.92 Å². The molecular formula is C18H18N2. The van der Waals surface area contributed by atoms with Gasteiger partial charge in [-0.3, -0.25) is 0 Å². The Morgan fingerprint density at radius 1 is 0.900 bits per heavy atom. The van der Waals surface area contributed by atoms with Gasteiger partial charge < -0.3 is 5.32 Å². The van der Waals surface area contributed by atoms with Gasteiger partial charge in [0.15, 0.2) is 0 Å². The van der Waals surface area contributed by atoms with E-state index in [2.05, 4.69) is 59.9 Å². The predicted molar refractivity (Wildman–Crippen MR) is 82.2 cm³/mol. The van der Waals surface area contributed by atoms with E-state index in [1.54, 1.807) is 0 Å². The summed E-state index contributed by atoms with van der Waals surface area (Å²) in [6, 6.07) is 21.6. The number of anilines is 1. The maximum absolute atomic E-state index is 9.12. The standard InChI is InChI=1S/C18H18N2/c19-13-16-7-4-8-18(16)20-17-11-9-15(10-12-17)14-5-2-1-3-6-14/h1-3,5-6,9-12,16,18,20H,4,7-8H2. The SMILES string of the molecule is N#CC1CCCC1Nc1ccc(-c2ccccc2)cc1.